The Labute approximate surface area is 222 Å². The zero-order valence-electron chi connectivity index (χ0n) is 20.6. The summed E-state index contributed by atoms with van der Waals surface area (Å²) in [5.74, 6) is -2.51. The Morgan fingerprint density at radius 3 is 2.38 bits per heavy atom. The van der Waals surface area contributed by atoms with E-state index < -0.39 is 17.8 Å². The standard InChI is InChI=1S/C28H26BrNO7/c1-4-30-27(34)16-8-7-14-15(6-5-13-9-21(36-2)26(33)22(10-13)37-3)23-18(11-17(14)24(16)28(30)35)25(32)19(29)12-20(23)31/h5-7,9-10,12,15-17,24,33H,4,8,11H2,1-3H3/t15-,16-,17+,24-/m0/s1. The summed E-state index contributed by atoms with van der Waals surface area (Å²) in [6.45, 7) is 2.08. The molecule has 9 heteroatoms. The highest BCUT2D eigenvalue weighted by Crippen LogP contribution is 2.53. The van der Waals surface area contributed by atoms with E-state index in [1.165, 1.54) is 25.2 Å². The molecule has 0 radical (unpaired) electrons. The van der Waals surface area contributed by atoms with Crippen molar-refractivity contribution in [3.05, 3.63) is 57.1 Å². The summed E-state index contributed by atoms with van der Waals surface area (Å²) in [5.41, 5.74) is 2.31. The van der Waals surface area contributed by atoms with Gasteiger partial charge in [0.1, 0.15) is 0 Å². The van der Waals surface area contributed by atoms with Gasteiger partial charge in [-0.25, -0.2) is 0 Å². The Balaban J connectivity index is 1.62. The largest absolute Gasteiger partial charge is 0.502 e. The van der Waals surface area contributed by atoms with E-state index in [0.717, 1.165) is 5.57 Å². The number of imide groups is 1. The SMILES string of the molecule is CCN1C(=O)[C@H]2[C@H](CC=C3[C@H](C=Cc4cc(OC)c(O)c(OC)c4)C4=C(C[C@H]32)C(=O)C(Br)=CC4=O)C1=O. The number of fused-ring (bicyclic) bond motifs is 3. The maximum atomic E-state index is 13.3. The first-order chi connectivity index (χ1) is 17.7. The minimum Gasteiger partial charge on any atom is -0.502 e. The number of carbonyl (C=O) groups excluding carboxylic acids is 4. The van der Waals surface area contributed by atoms with Gasteiger partial charge in [-0.1, -0.05) is 23.8 Å². The second-order valence-corrected chi connectivity index (χ2v) is 10.3. The molecule has 37 heavy (non-hydrogen) atoms. The van der Waals surface area contributed by atoms with E-state index in [0.29, 0.717) is 29.7 Å². The van der Waals surface area contributed by atoms with Gasteiger partial charge >= 0.3 is 0 Å². The third-order valence-electron chi connectivity index (χ3n) is 7.77. The molecule has 1 aromatic rings. The van der Waals surface area contributed by atoms with Crippen LogP contribution in [0.25, 0.3) is 6.08 Å². The number of ether oxygens (including phenoxy) is 2. The van der Waals surface area contributed by atoms with Gasteiger partial charge in [0.05, 0.1) is 30.5 Å². The minimum atomic E-state index is -0.557. The van der Waals surface area contributed by atoms with Crippen LogP contribution >= 0.6 is 15.9 Å². The fourth-order valence-electron chi connectivity index (χ4n) is 6.08. The molecule has 1 aromatic carbocycles. The van der Waals surface area contributed by atoms with E-state index in [4.69, 9.17) is 9.47 Å². The van der Waals surface area contributed by atoms with Crippen LogP contribution < -0.4 is 9.47 Å². The van der Waals surface area contributed by atoms with E-state index in [1.54, 1.807) is 25.1 Å². The molecule has 2 amide bonds. The third-order valence-corrected chi connectivity index (χ3v) is 8.36. The summed E-state index contributed by atoms with van der Waals surface area (Å²) in [6, 6.07) is 3.27. The van der Waals surface area contributed by atoms with Crippen LogP contribution in [0.3, 0.4) is 0 Å². The van der Waals surface area contributed by atoms with E-state index in [2.05, 4.69) is 15.9 Å². The highest BCUT2D eigenvalue weighted by Gasteiger charge is 2.55. The van der Waals surface area contributed by atoms with E-state index in [1.807, 2.05) is 12.2 Å². The van der Waals surface area contributed by atoms with Gasteiger partial charge < -0.3 is 14.6 Å². The number of likely N-dealkylation sites (tertiary alicyclic amines) is 1. The number of allylic oxidation sites excluding steroid dienone is 7. The molecule has 1 aliphatic heterocycles. The molecule has 0 saturated carbocycles. The number of phenols is 1. The van der Waals surface area contributed by atoms with Gasteiger partial charge in [0.15, 0.2) is 23.1 Å². The highest BCUT2D eigenvalue weighted by molar-refractivity contribution is 9.12. The lowest BCUT2D eigenvalue weighted by Crippen LogP contribution is -2.39. The molecule has 1 N–H and O–H groups in total. The summed E-state index contributed by atoms with van der Waals surface area (Å²) in [4.78, 5) is 53.9. The first-order valence-corrected chi connectivity index (χ1v) is 12.9. The number of hydrogen-bond donors (Lipinski definition) is 1. The fourth-order valence-corrected chi connectivity index (χ4v) is 6.53. The number of aromatic hydroxyl groups is 1. The molecule has 4 aliphatic rings. The molecule has 5 rings (SSSR count). The number of rotatable bonds is 5. The van der Waals surface area contributed by atoms with Crippen molar-refractivity contribution in [3.63, 3.8) is 0 Å². The van der Waals surface area contributed by atoms with Crippen molar-refractivity contribution in [2.75, 3.05) is 20.8 Å². The Kier molecular flexibility index (Phi) is 6.43. The lowest BCUT2D eigenvalue weighted by atomic mass is 9.61. The molecule has 192 valence electrons. The maximum Gasteiger partial charge on any atom is 0.233 e. The van der Waals surface area contributed by atoms with Gasteiger partial charge in [-0.05, 0) is 59.3 Å². The predicted molar refractivity (Wildman–Crippen MR) is 138 cm³/mol. The summed E-state index contributed by atoms with van der Waals surface area (Å²) < 4.78 is 10.7. The van der Waals surface area contributed by atoms with Crippen LogP contribution in [-0.4, -0.2) is 54.2 Å². The summed E-state index contributed by atoms with van der Waals surface area (Å²) >= 11 is 3.22. The first kappa shape index (κ1) is 25.2. The van der Waals surface area contributed by atoms with Gasteiger partial charge in [0.2, 0.25) is 17.6 Å². The molecule has 0 spiro atoms. The number of amides is 2. The molecule has 1 fully saturated rings. The number of nitrogens with zero attached hydrogens (tertiary/aromatic N) is 1. The third kappa shape index (κ3) is 3.87. The average Bonchev–Trinajstić information content (AvgIpc) is 3.14. The van der Waals surface area contributed by atoms with Crippen LogP contribution in [-0.2, 0) is 19.2 Å². The molecule has 3 aliphatic carbocycles. The number of benzene rings is 1. The number of halogens is 1. The van der Waals surface area contributed by atoms with Crippen LogP contribution in [0.15, 0.2) is 51.6 Å². The molecule has 4 atom stereocenters. The second-order valence-electron chi connectivity index (χ2n) is 9.49. The van der Waals surface area contributed by atoms with Crippen LogP contribution in [0.5, 0.6) is 17.2 Å². The quantitative estimate of drug-likeness (QED) is 0.328. The fraction of sp³-hybridized carbons (Fsp3) is 0.357. The summed E-state index contributed by atoms with van der Waals surface area (Å²) in [6.07, 6.45) is 7.52. The molecule has 0 aromatic heterocycles. The van der Waals surface area contributed by atoms with Gasteiger partial charge in [-0.2, -0.15) is 0 Å². The van der Waals surface area contributed by atoms with Gasteiger partial charge in [-0.15, -0.1) is 0 Å². The van der Waals surface area contributed by atoms with Crippen molar-refractivity contribution in [1.29, 1.82) is 0 Å². The highest BCUT2D eigenvalue weighted by atomic mass is 79.9. The zero-order chi connectivity index (χ0) is 26.6. The number of phenolic OH excluding ortho intramolecular Hbond substituents is 1. The van der Waals surface area contributed by atoms with Crippen LogP contribution in [0, 0.1) is 23.7 Å². The van der Waals surface area contributed by atoms with Gasteiger partial charge in [0, 0.05) is 29.7 Å². The molecule has 0 bridgehead atoms. The Morgan fingerprint density at radius 1 is 1.08 bits per heavy atom. The average molecular weight is 568 g/mol. The van der Waals surface area contributed by atoms with Crippen molar-refractivity contribution in [2.24, 2.45) is 23.7 Å². The van der Waals surface area contributed by atoms with Crippen molar-refractivity contribution in [3.8, 4) is 17.2 Å². The van der Waals surface area contributed by atoms with Crippen LogP contribution in [0.1, 0.15) is 25.3 Å². The number of Topliss-reactive ketones (excluding diaryl/α,β-unsaturated/α-hetero) is 1. The number of carbonyl (C=O) groups is 4. The Hall–Kier alpha value is -3.46. The maximum absolute atomic E-state index is 13.3. The van der Waals surface area contributed by atoms with Crippen LogP contribution in [0.2, 0.25) is 0 Å². The van der Waals surface area contributed by atoms with E-state index in [9.17, 15) is 24.3 Å². The topological polar surface area (TPSA) is 110 Å². The molecule has 1 saturated heterocycles. The van der Waals surface area contributed by atoms with E-state index in [-0.39, 0.29) is 57.5 Å². The second kappa shape index (κ2) is 9.45. The number of methoxy groups -OCH3 is 2. The zero-order valence-corrected chi connectivity index (χ0v) is 22.2. The van der Waals surface area contributed by atoms with Crippen molar-refractivity contribution >= 4 is 45.4 Å². The van der Waals surface area contributed by atoms with E-state index >= 15 is 0 Å². The molecular weight excluding hydrogens is 542 g/mol. The number of ketones is 2. The van der Waals surface area contributed by atoms with Gasteiger partial charge in [0.25, 0.3) is 0 Å². The smallest absolute Gasteiger partial charge is 0.233 e. The molecule has 1 heterocycles. The monoisotopic (exact) mass is 567 g/mol. The summed E-state index contributed by atoms with van der Waals surface area (Å²) in [7, 11) is 2.87. The molecular formula is C28H26BrNO7. The lowest BCUT2D eigenvalue weighted by molar-refractivity contribution is -0.139. The normalized spacial score (nSPS) is 27.2. The number of hydrogen-bond acceptors (Lipinski definition) is 7. The van der Waals surface area contributed by atoms with Crippen LogP contribution in [0.4, 0.5) is 0 Å². The molecule has 8 nitrogen and oxygen atoms in total. The van der Waals surface area contributed by atoms with Gasteiger partial charge in [-0.3, -0.25) is 24.1 Å². The lowest BCUT2D eigenvalue weighted by Gasteiger charge is -2.41. The van der Waals surface area contributed by atoms with Crippen molar-refractivity contribution in [2.45, 2.75) is 19.8 Å². The Morgan fingerprint density at radius 2 is 1.76 bits per heavy atom. The van der Waals surface area contributed by atoms with Crippen molar-refractivity contribution < 1.29 is 33.8 Å². The molecule has 0 unspecified atom stereocenters. The Bertz CT molecular complexity index is 1340. The predicted octanol–water partition coefficient (Wildman–Crippen LogP) is 3.74. The minimum absolute atomic E-state index is 0.126. The van der Waals surface area contributed by atoms with Crippen molar-refractivity contribution in [1.82, 2.24) is 4.90 Å². The first-order valence-electron chi connectivity index (χ1n) is 12.1. The summed E-state index contributed by atoms with van der Waals surface area (Å²) in [5, 5.41) is 10.3.